The van der Waals surface area contributed by atoms with Crippen molar-refractivity contribution < 1.29 is 19.1 Å². The highest BCUT2D eigenvalue weighted by molar-refractivity contribution is 7.98. The first-order valence-corrected chi connectivity index (χ1v) is 8.59. The summed E-state index contributed by atoms with van der Waals surface area (Å²) < 4.78 is 5.02. The van der Waals surface area contributed by atoms with Crippen LogP contribution in [0.2, 0.25) is 0 Å². The Kier molecular flexibility index (Phi) is 8.18. The molecule has 0 fully saturated rings. The van der Waals surface area contributed by atoms with E-state index in [-0.39, 0.29) is 19.1 Å². The van der Waals surface area contributed by atoms with Gasteiger partial charge in [-0.2, -0.15) is 0 Å². The Labute approximate surface area is 140 Å². The van der Waals surface area contributed by atoms with Crippen molar-refractivity contribution in [3.05, 3.63) is 29.8 Å². The second-order valence-corrected chi connectivity index (χ2v) is 5.55. The summed E-state index contributed by atoms with van der Waals surface area (Å²) in [5.74, 6) is -1.19. The normalized spacial score (nSPS) is 10.0. The number of nitrogens with one attached hydrogen (secondary N) is 1. The Hall–Kier alpha value is -2.02. The van der Waals surface area contributed by atoms with Gasteiger partial charge in [0.2, 0.25) is 5.91 Å². The Morgan fingerprint density at radius 2 is 1.83 bits per heavy atom. The first-order chi connectivity index (χ1) is 11.0. The van der Waals surface area contributed by atoms with E-state index in [4.69, 9.17) is 4.74 Å². The molecular weight excluding hydrogens is 316 g/mol. The van der Waals surface area contributed by atoms with E-state index in [1.54, 1.807) is 37.7 Å². The summed E-state index contributed by atoms with van der Waals surface area (Å²) in [4.78, 5) is 37.8. The number of carbonyl (C=O) groups excluding carboxylic acids is 3. The highest BCUT2D eigenvalue weighted by atomic mass is 32.2. The number of carbonyl (C=O) groups is 3. The van der Waals surface area contributed by atoms with Crippen LogP contribution in [0, 0.1) is 0 Å². The van der Waals surface area contributed by atoms with Crippen LogP contribution in [0.3, 0.4) is 0 Å². The standard InChI is InChI=1S/C16H22N2O4S/c1-4-17-14(19)10-18(5-2)15(20)11-22-16(21)12-6-8-13(23-3)9-7-12/h6-9H,4-5,10-11H2,1-3H3,(H,17,19). The largest absolute Gasteiger partial charge is 0.452 e. The summed E-state index contributed by atoms with van der Waals surface area (Å²) in [6.45, 7) is 4.03. The van der Waals surface area contributed by atoms with Crippen LogP contribution >= 0.6 is 11.8 Å². The number of hydrogen-bond donors (Lipinski definition) is 1. The molecule has 0 radical (unpaired) electrons. The van der Waals surface area contributed by atoms with Gasteiger partial charge in [-0.05, 0) is 44.4 Å². The molecule has 0 heterocycles. The van der Waals surface area contributed by atoms with Gasteiger partial charge in [-0.25, -0.2) is 4.79 Å². The molecule has 23 heavy (non-hydrogen) atoms. The first-order valence-electron chi connectivity index (χ1n) is 7.37. The molecule has 126 valence electrons. The maximum atomic E-state index is 12.0. The molecule has 0 aliphatic rings. The van der Waals surface area contributed by atoms with Crippen LogP contribution in [-0.2, 0) is 14.3 Å². The van der Waals surface area contributed by atoms with Crippen LogP contribution in [0.15, 0.2) is 29.2 Å². The minimum Gasteiger partial charge on any atom is -0.452 e. The molecule has 1 N–H and O–H groups in total. The van der Waals surface area contributed by atoms with Gasteiger partial charge in [-0.1, -0.05) is 0 Å². The minimum absolute atomic E-state index is 0.0385. The SMILES string of the molecule is CCNC(=O)CN(CC)C(=O)COC(=O)c1ccc(SC)cc1. The third-order valence-electron chi connectivity index (χ3n) is 3.10. The zero-order valence-electron chi connectivity index (χ0n) is 13.6. The molecule has 0 saturated carbocycles. The first kappa shape index (κ1) is 19.0. The summed E-state index contributed by atoms with van der Waals surface area (Å²) >= 11 is 1.57. The van der Waals surface area contributed by atoms with E-state index < -0.39 is 11.9 Å². The van der Waals surface area contributed by atoms with E-state index in [1.807, 2.05) is 18.4 Å². The molecule has 0 atom stereocenters. The third kappa shape index (κ3) is 6.32. The zero-order valence-corrected chi connectivity index (χ0v) is 14.4. The molecule has 1 aromatic rings. The highest BCUT2D eigenvalue weighted by Crippen LogP contribution is 2.15. The highest BCUT2D eigenvalue weighted by Gasteiger charge is 2.17. The van der Waals surface area contributed by atoms with Gasteiger partial charge < -0.3 is 15.0 Å². The number of rotatable bonds is 8. The fourth-order valence-corrected chi connectivity index (χ4v) is 2.24. The van der Waals surface area contributed by atoms with Gasteiger partial charge in [-0.3, -0.25) is 9.59 Å². The van der Waals surface area contributed by atoms with Gasteiger partial charge in [0.1, 0.15) is 0 Å². The molecule has 6 nitrogen and oxygen atoms in total. The van der Waals surface area contributed by atoms with Crippen LogP contribution in [0.5, 0.6) is 0 Å². The van der Waals surface area contributed by atoms with Crippen molar-refractivity contribution in [2.75, 3.05) is 32.5 Å². The Morgan fingerprint density at radius 1 is 1.17 bits per heavy atom. The predicted octanol–water partition coefficient (Wildman–Crippen LogP) is 1.55. The lowest BCUT2D eigenvalue weighted by Gasteiger charge is -2.20. The van der Waals surface area contributed by atoms with E-state index in [2.05, 4.69) is 5.32 Å². The number of nitrogens with zero attached hydrogens (tertiary/aromatic N) is 1. The van der Waals surface area contributed by atoms with Gasteiger partial charge >= 0.3 is 5.97 Å². The van der Waals surface area contributed by atoms with Crippen LogP contribution in [0.1, 0.15) is 24.2 Å². The minimum atomic E-state index is -0.555. The number of thioether (sulfide) groups is 1. The summed E-state index contributed by atoms with van der Waals surface area (Å²) in [6.07, 6.45) is 1.94. The second-order valence-electron chi connectivity index (χ2n) is 4.67. The fraction of sp³-hybridized carbons (Fsp3) is 0.438. The average molecular weight is 338 g/mol. The molecule has 7 heteroatoms. The van der Waals surface area contributed by atoms with E-state index in [9.17, 15) is 14.4 Å². The molecule has 0 unspecified atom stereocenters. The lowest BCUT2D eigenvalue weighted by molar-refractivity contribution is -0.138. The van der Waals surface area contributed by atoms with E-state index >= 15 is 0 Å². The van der Waals surface area contributed by atoms with Crippen molar-refractivity contribution in [2.24, 2.45) is 0 Å². The van der Waals surface area contributed by atoms with Gasteiger partial charge in [0.15, 0.2) is 6.61 Å². The number of benzene rings is 1. The Balaban J connectivity index is 2.52. The Morgan fingerprint density at radius 3 is 2.35 bits per heavy atom. The molecule has 1 aromatic carbocycles. The smallest absolute Gasteiger partial charge is 0.338 e. The molecule has 0 bridgehead atoms. The lowest BCUT2D eigenvalue weighted by Crippen LogP contribution is -2.42. The molecule has 0 aromatic heterocycles. The molecular formula is C16H22N2O4S. The molecule has 1 rings (SSSR count). The summed E-state index contributed by atoms with van der Waals surface area (Å²) in [5.41, 5.74) is 0.391. The molecule has 0 saturated heterocycles. The molecule has 2 amide bonds. The van der Waals surface area contributed by atoms with Crippen molar-refractivity contribution in [3.63, 3.8) is 0 Å². The second kappa shape index (κ2) is 9.89. The molecule has 0 aliphatic carbocycles. The van der Waals surface area contributed by atoms with Gasteiger partial charge in [-0.15, -0.1) is 11.8 Å². The number of amides is 2. The number of likely N-dealkylation sites (N-methyl/N-ethyl adjacent to an activating group) is 2. The van der Waals surface area contributed by atoms with Crippen molar-refractivity contribution in [1.29, 1.82) is 0 Å². The number of ether oxygens (including phenoxy) is 1. The van der Waals surface area contributed by atoms with Crippen LogP contribution in [-0.4, -0.2) is 55.2 Å². The number of esters is 1. The summed E-state index contributed by atoms with van der Waals surface area (Å²) in [7, 11) is 0. The summed E-state index contributed by atoms with van der Waals surface area (Å²) in [6, 6.07) is 6.95. The van der Waals surface area contributed by atoms with Crippen molar-refractivity contribution in [3.8, 4) is 0 Å². The summed E-state index contributed by atoms with van der Waals surface area (Å²) in [5, 5.41) is 2.62. The molecule has 0 aliphatic heterocycles. The van der Waals surface area contributed by atoms with Crippen molar-refractivity contribution in [1.82, 2.24) is 10.2 Å². The van der Waals surface area contributed by atoms with Crippen LogP contribution in [0.25, 0.3) is 0 Å². The topological polar surface area (TPSA) is 75.7 Å². The molecule has 0 spiro atoms. The average Bonchev–Trinajstić information content (AvgIpc) is 2.57. The predicted molar refractivity (Wildman–Crippen MR) is 89.4 cm³/mol. The maximum Gasteiger partial charge on any atom is 0.338 e. The van der Waals surface area contributed by atoms with Crippen LogP contribution in [0.4, 0.5) is 0 Å². The maximum absolute atomic E-state index is 12.0. The quantitative estimate of drug-likeness (QED) is 0.575. The monoisotopic (exact) mass is 338 g/mol. The van der Waals surface area contributed by atoms with Gasteiger partial charge in [0, 0.05) is 18.0 Å². The van der Waals surface area contributed by atoms with E-state index in [0.29, 0.717) is 18.7 Å². The number of hydrogen-bond acceptors (Lipinski definition) is 5. The van der Waals surface area contributed by atoms with Gasteiger partial charge in [0.25, 0.3) is 5.91 Å². The van der Waals surface area contributed by atoms with Gasteiger partial charge in [0.05, 0.1) is 12.1 Å². The lowest BCUT2D eigenvalue weighted by atomic mass is 10.2. The van der Waals surface area contributed by atoms with E-state index in [0.717, 1.165) is 4.90 Å². The van der Waals surface area contributed by atoms with Crippen molar-refractivity contribution in [2.45, 2.75) is 18.7 Å². The Bertz CT molecular complexity index is 546. The van der Waals surface area contributed by atoms with Crippen molar-refractivity contribution >= 4 is 29.5 Å². The third-order valence-corrected chi connectivity index (χ3v) is 3.84. The fourth-order valence-electron chi connectivity index (χ4n) is 1.83. The zero-order chi connectivity index (χ0) is 17.2. The van der Waals surface area contributed by atoms with E-state index in [1.165, 1.54) is 4.90 Å². The van der Waals surface area contributed by atoms with Crippen LogP contribution < -0.4 is 5.32 Å².